The average Bonchev–Trinajstić information content (AvgIpc) is 2.56. The fraction of sp³-hybridized carbons (Fsp3) is 0.714. The zero-order chi connectivity index (χ0) is 15.8. The Balaban J connectivity index is 1.29. The number of nitrogens with two attached hydrogens (primary N) is 1. The fourth-order valence-corrected chi connectivity index (χ4v) is 5.94. The second kappa shape index (κ2) is 6.47. The second-order valence-electron chi connectivity index (χ2n) is 8.56. The first-order valence-corrected chi connectivity index (χ1v) is 9.69. The van der Waals surface area contributed by atoms with Gasteiger partial charge >= 0.3 is 0 Å². The van der Waals surface area contributed by atoms with E-state index in [9.17, 15) is 0 Å². The lowest BCUT2D eigenvalue weighted by molar-refractivity contribution is -0.736. The Morgan fingerprint density at radius 1 is 1.00 bits per heavy atom. The summed E-state index contributed by atoms with van der Waals surface area (Å²) in [4.78, 5) is 0. The SMILES string of the molecule is COc1ccc(CC[C@H](C)[NH2+]C2C3CC4CC(C3)CC2C4)cc1. The molecule has 4 fully saturated rings. The van der Waals surface area contributed by atoms with Crippen LogP contribution in [-0.2, 0) is 6.42 Å². The smallest absolute Gasteiger partial charge is 0.118 e. The predicted molar refractivity (Wildman–Crippen MR) is 93.5 cm³/mol. The van der Waals surface area contributed by atoms with E-state index in [-0.39, 0.29) is 0 Å². The number of rotatable bonds is 6. The molecule has 5 rings (SSSR count). The third-order valence-corrected chi connectivity index (χ3v) is 6.90. The van der Waals surface area contributed by atoms with Crippen LogP contribution in [0.3, 0.4) is 0 Å². The van der Waals surface area contributed by atoms with Gasteiger partial charge in [-0.05, 0) is 75.0 Å². The minimum absolute atomic E-state index is 0.750. The van der Waals surface area contributed by atoms with Gasteiger partial charge in [-0.2, -0.15) is 0 Å². The highest BCUT2D eigenvalue weighted by atomic mass is 16.5. The number of quaternary nitrogens is 1. The molecule has 2 N–H and O–H groups in total. The molecule has 0 spiro atoms. The summed E-state index contributed by atoms with van der Waals surface area (Å²) in [6.07, 6.45) is 10.2. The van der Waals surface area contributed by atoms with Gasteiger partial charge in [0.1, 0.15) is 5.75 Å². The van der Waals surface area contributed by atoms with Gasteiger partial charge in [0, 0.05) is 18.3 Å². The number of ether oxygens (including phenoxy) is 1. The predicted octanol–water partition coefficient (Wildman–Crippen LogP) is 3.40. The summed E-state index contributed by atoms with van der Waals surface area (Å²) in [7, 11) is 1.73. The van der Waals surface area contributed by atoms with E-state index in [1.807, 2.05) is 0 Å². The third-order valence-electron chi connectivity index (χ3n) is 6.90. The molecule has 4 aliphatic carbocycles. The van der Waals surface area contributed by atoms with E-state index in [4.69, 9.17) is 4.74 Å². The molecule has 1 aromatic rings. The minimum atomic E-state index is 0.750. The van der Waals surface area contributed by atoms with Crippen molar-refractivity contribution >= 4 is 0 Å². The first-order valence-electron chi connectivity index (χ1n) is 9.69. The van der Waals surface area contributed by atoms with E-state index >= 15 is 0 Å². The van der Waals surface area contributed by atoms with Crippen LogP contribution in [0.4, 0.5) is 0 Å². The first kappa shape index (κ1) is 15.5. The van der Waals surface area contributed by atoms with E-state index in [1.54, 1.807) is 39.2 Å². The topological polar surface area (TPSA) is 25.8 Å². The van der Waals surface area contributed by atoms with Crippen molar-refractivity contribution in [3.63, 3.8) is 0 Å². The molecule has 2 nitrogen and oxygen atoms in total. The average molecular weight is 314 g/mol. The van der Waals surface area contributed by atoms with Crippen molar-refractivity contribution in [2.24, 2.45) is 23.7 Å². The molecule has 0 amide bonds. The summed E-state index contributed by atoms with van der Waals surface area (Å²) in [6, 6.07) is 10.3. The van der Waals surface area contributed by atoms with Crippen molar-refractivity contribution in [2.45, 2.75) is 64.0 Å². The van der Waals surface area contributed by atoms with Crippen LogP contribution in [-0.4, -0.2) is 19.2 Å². The summed E-state index contributed by atoms with van der Waals surface area (Å²) in [6.45, 7) is 2.44. The summed E-state index contributed by atoms with van der Waals surface area (Å²) in [5.41, 5.74) is 1.44. The number of methoxy groups -OCH3 is 1. The highest BCUT2D eigenvalue weighted by Gasteiger charge is 2.50. The number of hydrogen-bond donors (Lipinski definition) is 1. The molecule has 1 aromatic carbocycles. The van der Waals surface area contributed by atoms with Crippen LogP contribution in [0.2, 0.25) is 0 Å². The van der Waals surface area contributed by atoms with Gasteiger partial charge < -0.3 is 10.1 Å². The van der Waals surface area contributed by atoms with Crippen LogP contribution in [0.15, 0.2) is 24.3 Å². The van der Waals surface area contributed by atoms with Gasteiger partial charge in [0.2, 0.25) is 0 Å². The molecule has 0 saturated heterocycles. The van der Waals surface area contributed by atoms with Crippen LogP contribution in [0, 0.1) is 23.7 Å². The molecule has 0 aliphatic heterocycles. The van der Waals surface area contributed by atoms with Crippen molar-refractivity contribution in [1.82, 2.24) is 0 Å². The molecule has 4 bridgehead atoms. The lowest BCUT2D eigenvalue weighted by Gasteiger charge is -2.53. The molecule has 4 aliphatic rings. The number of benzene rings is 1. The van der Waals surface area contributed by atoms with Crippen molar-refractivity contribution < 1.29 is 10.1 Å². The lowest BCUT2D eigenvalue weighted by atomic mass is 9.54. The molecular weight excluding hydrogens is 282 g/mol. The van der Waals surface area contributed by atoms with Crippen LogP contribution < -0.4 is 10.1 Å². The van der Waals surface area contributed by atoms with E-state index in [1.165, 1.54) is 18.4 Å². The Morgan fingerprint density at radius 3 is 2.17 bits per heavy atom. The molecular formula is C21H32NO+. The Kier molecular flexibility index (Phi) is 4.36. The number of hydrogen-bond acceptors (Lipinski definition) is 1. The molecule has 0 heterocycles. The Labute approximate surface area is 141 Å². The van der Waals surface area contributed by atoms with Gasteiger partial charge in [0.15, 0.2) is 0 Å². The standard InChI is InChI=1S/C21H31NO/c1-14(3-4-15-5-7-20(23-2)8-6-15)22-21-18-10-16-9-17(12-18)13-19(21)11-16/h5-8,14,16-19,21-22H,3-4,9-13H2,1-2H3/p+1/t14-,16?,17?,18?,19?,21?/m0/s1. The summed E-state index contributed by atoms with van der Waals surface area (Å²) in [5, 5.41) is 2.76. The van der Waals surface area contributed by atoms with Crippen LogP contribution in [0.5, 0.6) is 5.75 Å². The normalized spacial score (nSPS) is 36.2. The van der Waals surface area contributed by atoms with Crippen LogP contribution in [0.25, 0.3) is 0 Å². The maximum atomic E-state index is 5.24. The molecule has 0 radical (unpaired) electrons. The van der Waals surface area contributed by atoms with Gasteiger partial charge in [-0.1, -0.05) is 12.1 Å². The van der Waals surface area contributed by atoms with Crippen molar-refractivity contribution in [3.05, 3.63) is 29.8 Å². The molecule has 0 unspecified atom stereocenters. The lowest BCUT2D eigenvalue weighted by Crippen LogP contribution is -2.98. The largest absolute Gasteiger partial charge is 0.497 e. The Morgan fingerprint density at radius 2 is 1.61 bits per heavy atom. The van der Waals surface area contributed by atoms with Gasteiger partial charge in [0.25, 0.3) is 0 Å². The summed E-state index contributed by atoms with van der Waals surface area (Å²) < 4.78 is 5.24. The maximum Gasteiger partial charge on any atom is 0.118 e. The zero-order valence-electron chi connectivity index (χ0n) is 14.7. The molecule has 0 aromatic heterocycles. The van der Waals surface area contributed by atoms with Gasteiger partial charge in [-0.15, -0.1) is 0 Å². The second-order valence-corrected chi connectivity index (χ2v) is 8.56. The molecule has 4 saturated carbocycles. The number of aryl methyl sites for hydroxylation is 1. The maximum absolute atomic E-state index is 5.24. The van der Waals surface area contributed by atoms with Gasteiger partial charge in [0.05, 0.1) is 19.2 Å². The molecule has 2 heteroatoms. The highest BCUT2D eigenvalue weighted by molar-refractivity contribution is 5.27. The monoisotopic (exact) mass is 314 g/mol. The Bertz CT molecular complexity index is 495. The van der Waals surface area contributed by atoms with E-state index in [0.29, 0.717) is 0 Å². The van der Waals surface area contributed by atoms with Crippen LogP contribution in [0.1, 0.15) is 51.0 Å². The molecule has 1 atom stereocenters. The third kappa shape index (κ3) is 3.28. The van der Waals surface area contributed by atoms with Crippen molar-refractivity contribution in [2.75, 3.05) is 7.11 Å². The summed E-state index contributed by atoms with van der Waals surface area (Å²) in [5.74, 6) is 5.22. The Hall–Kier alpha value is -1.02. The molecule has 23 heavy (non-hydrogen) atoms. The highest BCUT2D eigenvalue weighted by Crippen LogP contribution is 2.52. The fourth-order valence-electron chi connectivity index (χ4n) is 5.94. The van der Waals surface area contributed by atoms with Gasteiger partial charge in [-0.25, -0.2) is 0 Å². The van der Waals surface area contributed by atoms with Crippen molar-refractivity contribution in [3.8, 4) is 5.75 Å². The van der Waals surface area contributed by atoms with E-state index in [0.717, 1.165) is 41.5 Å². The zero-order valence-corrected chi connectivity index (χ0v) is 14.7. The minimum Gasteiger partial charge on any atom is -0.497 e. The van der Waals surface area contributed by atoms with E-state index < -0.39 is 0 Å². The van der Waals surface area contributed by atoms with Crippen LogP contribution >= 0.6 is 0 Å². The first-order chi connectivity index (χ1) is 11.2. The summed E-state index contributed by atoms with van der Waals surface area (Å²) >= 11 is 0. The molecule has 126 valence electrons. The van der Waals surface area contributed by atoms with Crippen molar-refractivity contribution in [1.29, 1.82) is 0 Å². The van der Waals surface area contributed by atoms with Gasteiger partial charge in [-0.3, -0.25) is 0 Å². The van der Waals surface area contributed by atoms with E-state index in [2.05, 4.69) is 36.5 Å². The quantitative estimate of drug-likeness (QED) is 0.855.